The lowest BCUT2D eigenvalue weighted by molar-refractivity contribution is 0.0701. The smallest absolute Gasteiger partial charge is 0.347 e. The van der Waals surface area contributed by atoms with Crippen LogP contribution in [0.2, 0.25) is 0 Å². The number of hydrogen-bond acceptors (Lipinski definition) is 4. The van der Waals surface area contributed by atoms with Gasteiger partial charge in [0, 0.05) is 13.1 Å². The maximum Gasteiger partial charge on any atom is 0.347 e. The molecule has 20 heavy (non-hydrogen) atoms. The number of urea groups is 1. The molecule has 1 aromatic rings. The number of carboxylic acids is 1. The fraction of sp³-hybridized carbons (Fsp3) is 0.615. The predicted molar refractivity (Wildman–Crippen MR) is 78.1 cm³/mol. The van der Waals surface area contributed by atoms with Crippen LogP contribution < -0.4 is 5.32 Å². The Labute approximate surface area is 122 Å². The molecule has 2 amide bonds. The molecular weight excluding hydrogens is 278 g/mol. The van der Waals surface area contributed by atoms with Crippen LogP contribution in [0.3, 0.4) is 0 Å². The Balaban J connectivity index is 2.61. The number of carbonyl (C=O) groups excluding carboxylic acids is 1. The van der Waals surface area contributed by atoms with Crippen LogP contribution in [0.1, 0.15) is 41.1 Å². The van der Waals surface area contributed by atoms with Crippen LogP contribution in [0.5, 0.6) is 0 Å². The minimum Gasteiger partial charge on any atom is -0.477 e. The van der Waals surface area contributed by atoms with Crippen LogP contribution in [0.4, 0.5) is 4.79 Å². The number of aryl methyl sites for hydroxylation is 1. The van der Waals surface area contributed by atoms with Crippen molar-refractivity contribution >= 4 is 23.3 Å². The second-order valence-electron chi connectivity index (χ2n) is 5.08. The monoisotopic (exact) mass is 299 g/mol. The quantitative estimate of drug-likeness (QED) is 0.874. The number of hydrogen-bond donors (Lipinski definition) is 2. The molecule has 2 N–H and O–H groups in total. The van der Waals surface area contributed by atoms with Crippen molar-refractivity contribution in [1.29, 1.82) is 0 Å². The SMILES string of the molecule is Cc1nc(CNC(=O)N(C)C(C)C(C)C)sc1C(=O)O. The molecule has 7 heteroatoms. The maximum absolute atomic E-state index is 12.0. The first-order valence-electron chi connectivity index (χ1n) is 6.44. The number of thiazole rings is 1. The number of nitrogens with zero attached hydrogens (tertiary/aromatic N) is 2. The summed E-state index contributed by atoms with van der Waals surface area (Å²) in [6.07, 6.45) is 0. The number of carbonyl (C=O) groups is 2. The van der Waals surface area contributed by atoms with E-state index < -0.39 is 5.97 Å². The van der Waals surface area contributed by atoms with Crippen LogP contribution in [0.25, 0.3) is 0 Å². The molecule has 1 rings (SSSR count). The number of rotatable bonds is 5. The Morgan fingerprint density at radius 1 is 1.40 bits per heavy atom. The zero-order chi connectivity index (χ0) is 15.4. The summed E-state index contributed by atoms with van der Waals surface area (Å²) in [5, 5.41) is 12.3. The Kier molecular flexibility index (Phi) is 5.50. The summed E-state index contributed by atoms with van der Waals surface area (Å²) in [5.41, 5.74) is 0.482. The number of carboxylic acid groups (broad SMARTS) is 1. The fourth-order valence-electron chi connectivity index (χ4n) is 1.63. The van der Waals surface area contributed by atoms with Crippen molar-refractivity contribution in [2.45, 2.75) is 40.3 Å². The van der Waals surface area contributed by atoms with Gasteiger partial charge in [-0.25, -0.2) is 14.6 Å². The van der Waals surface area contributed by atoms with E-state index in [1.807, 2.05) is 6.92 Å². The molecule has 0 spiro atoms. The molecule has 0 fully saturated rings. The van der Waals surface area contributed by atoms with Crippen LogP contribution in [0, 0.1) is 12.8 Å². The predicted octanol–water partition coefficient (Wildman–Crippen LogP) is 2.34. The van der Waals surface area contributed by atoms with Crippen LogP contribution >= 0.6 is 11.3 Å². The number of aromatic carboxylic acids is 1. The van der Waals surface area contributed by atoms with Gasteiger partial charge < -0.3 is 15.3 Å². The molecule has 0 aliphatic rings. The minimum atomic E-state index is -0.983. The van der Waals surface area contributed by atoms with Crippen molar-refractivity contribution in [3.63, 3.8) is 0 Å². The summed E-state index contributed by atoms with van der Waals surface area (Å²) >= 11 is 1.09. The zero-order valence-corrected chi connectivity index (χ0v) is 13.2. The summed E-state index contributed by atoms with van der Waals surface area (Å²) in [5.74, 6) is -0.616. The van der Waals surface area contributed by atoms with Gasteiger partial charge in [0.15, 0.2) is 0 Å². The highest BCUT2D eigenvalue weighted by molar-refractivity contribution is 7.13. The van der Waals surface area contributed by atoms with E-state index in [0.717, 1.165) is 11.3 Å². The first-order valence-corrected chi connectivity index (χ1v) is 7.26. The Morgan fingerprint density at radius 2 is 2.00 bits per heavy atom. The third-order valence-electron chi connectivity index (χ3n) is 3.32. The summed E-state index contributed by atoms with van der Waals surface area (Å²) in [6.45, 7) is 7.99. The highest BCUT2D eigenvalue weighted by atomic mass is 32.1. The second-order valence-corrected chi connectivity index (χ2v) is 6.17. The standard InChI is InChI=1S/C13H21N3O3S/c1-7(2)9(4)16(5)13(19)14-6-10-15-8(3)11(20-10)12(17)18/h7,9H,6H2,1-5H3,(H,14,19)(H,17,18). The molecule has 0 aliphatic carbocycles. The normalized spacial score (nSPS) is 12.3. The number of aromatic nitrogens is 1. The van der Waals surface area contributed by atoms with Crippen LogP contribution in [-0.4, -0.2) is 40.1 Å². The van der Waals surface area contributed by atoms with Gasteiger partial charge in [-0.05, 0) is 19.8 Å². The molecule has 0 saturated carbocycles. The Bertz CT molecular complexity index is 499. The zero-order valence-electron chi connectivity index (χ0n) is 12.4. The van der Waals surface area contributed by atoms with Gasteiger partial charge in [-0.3, -0.25) is 0 Å². The molecular formula is C13H21N3O3S. The van der Waals surface area contributed by atoms with Gasteiger partial charge in [0.05, 0.1) is 12.2 Å². The van der Waals surface area contributed by atoms with Crippen LogP contribution in [0.15, 0.2) is 0 Å². The van der Waals surface area contributed by atoms with E-state index in [9.17, 15) is 9.59 Å². The molecule has 1 unspecified atom stereocenters. The minimum absolute atomic E-state index is 0.127. The van der Waals surface area contributed by atoms with E-state index in [-0.39, 0.29) is 23.5 Å². The topological polar surface area (TPSA) is 82.5 Å². The molecule has 0 saturated heterocycles. The van der Waals surface area contributed by atoms with E-state index >= 15 is 0 Å². The van der Waals surface area contributed by atoms with Gasteiger partial charge in [-0.1, -0.05) is 13.8 Å². The van der Waals surface area contributed by atoms with Crippen LogP contribution in [-0.2, 0) is 6.54 Å². The second kappa shape index (κ2) is 6.69. The van der Waals surface area contributed by atoms with Gasteiger partial charge in [-0.15, -0.1) is 11.3 Å². The van der Waals surface area contributed by atoms with Crippen molar-refractivity contribution in [1.82, 2.24) is 15.2 Å². The Morgan fingerprint density at radius 3 is 2.45 bits per heavy atom. The fourth-order valence-corrected chi connectivity index (χ4v) is 2.48. The number of amides is 2. The molecule has 6 nitrogen and oxygen atoms in total. The molecule has 112 valence electrons. The van der Waals surface area contributed by atoms with Gasteiger partial charge in [0.25, 0.3) is 0 Å². The van der Waals surface area contributed by atoms with Gasteiger partial charge in [-0.2, -0.15) is 0 Å². The third-order valence-corrected chi connectivity index (χ3v) is 4.47. The lowest BCUT2D eigenvalue weighted by Gasteiger charge is -2.27. The van der Waals surface area contributed by atoms with Crippen molar-refractivity contribution in [2.24, 2.45) is 5.92 Å². The van der Waals surface area contributed by atoms with Crippen molar-refractivity contribution in [3.8, 4) is 0 Å². The Hall–Kier alpha value is -1.63. The highest BCUT2D eigenvalue weighted by Gasteiger charge is 2.19. The van der Waals surface area contributed by atoms with E-state index in [1.165, 1.54) is 0 Å². The highest BCUT2D eigenvalue weighted by Crippen LogP contribution is 2.18. The molecule has 1 aromatic heterocycles. The van der Waals surface area contributed by atoms with Gasteiger partial charge in [0.2, 0.25) is 0 Å². The lowest BCUT2D eigenvalue weighted by atomic mass is 10.1. The van der Waals surface area contributed by atoms with E-state index in [2.05, 4.69) is 24.1 Å². The number of nitrogens with one attached hydrogen (secondary N) is 1. The average Bonchev–Trinajstić information content (AvgIpc) is 2.75. The summed E-state index contributed by atoms with van der Waals surface area (Å²) in [4.78, 5) is 28.9. The van der Waals surface area contributed by atoms with Crippen molar-refractivity contribution in [2.75, 3.05) is 7.05 Å². The first-order chi connectivity index (χ1) is 9.23. The molecule has 1 heterocycles. The molecule has 0 aromatic carbocycles. The van der Waals surface area contributed by atoms with E-state index in [1.54, 1.807) is 18.9 Å². The van der Waals surface area contributed by atoms with E-state index in [4.69, 9.17) is 5.11 Å². The van der Waals surface area contributed by atoms with E-state index in [0.29, 0.717) is 16.6 Å². The molecule has 1 atom stereocenters. The molecule has 0 aliphatic heterocycles. The first kappa shape index (κ1) is 16.4. The molecule has 0 bridgehead atoms. The van der Waals surface area contributed by atoms with Crippen molar-refractivity contribution < 1.29 is 14.7 Å². The maximum atomic E-state index is 12.0. The summed E-state index contributed by atoms with van der Waals surface area (Å²) in [7, 11) is 1.75. The average molecular weight is 299 g/mol. The van der Waals surface area contributed by atoms with Crippen molar-refractivity contribution in [3.05, 3.63) is 15.6 Å². The molecule has 0 radical (unpaired) electrons. The lowest BCUT2D eigenvalue weighted by Crippen LogP contribution is -2.44. The summed E-state index contributed by atoms with van der Waals surface area (Å²) < 4.78 is 0. The van der Waals surface area contributed by atoms with Gasteiger partial charge >= 0.3 is 12.0 Å². The third kappa shape index (κ3) is 3.93. The van der Waals surface area contributed by atoms with Gasteiger partial charge in [0.1, 0.15) is 9.88 Å². The summed E-state index contributed by atoms with van der Waals surface area (Å²) in [6, 6.07) is -0.0569. The largest absolute Gasteiger partial charge is 0.477 e.